The summed E-state index contributed by atoms with van der Waals surface area (Å²) in [5.74, 6) is -0.575. The number of pyridine rings is 1. The third kappa shape index (κ3) is 3.78. The highest BCUT2D eigenvalue weighted by atomic mass is 32.1. The van der Waals surface area contributed by atoms with Crippen LogP contribution in [0.4, 0.5) is 14.5 Å². The summed E-state index contributed by atoms with van der Waals surface area (Å²) in [7, 11) is 0. The number of thiocarbonyl (C=S) groups is 1. The fourth-order valence-corrected chi connectivity index (χ4v) is 4.97. The zero-order valence-corrected chi connectivity index (χ0v) is 19.0. The Balaban J connectivity index is 1.67. The first kappa shape index (κ1) is 21.3. The highest BCUT2D eigenvalue weighted by Crippen LogP contribution is 2.43. The monoisotopic (exact) mass is 460 g/mol. The van der Waals surface area contributed by atoms with Crippen LogP contribution in [-0.4, -0.2) is 14.7 Å². The molecule has 166 valence electrons. The molecule has 1 N–H and O–H groups in total. The number of anilines is 1. The second-order valence-corrected chi connectivity index (χ2v) is 8.50. The van der Waals surface area contributed by atoms with E-state index >= 15 is 0 Å². The van der Waals surface area contributed by atoms with Crippen LogP contribution in [0.25, 0.3) is 5.69 Å². The average molecular weight is 461 g/mol. The number of halogens is 2. The van der Waals surface area contributed by atoms with Crippen molar-refractivity contribution in [1.82, 2.24) is 14.9 Å². The molecule has 1 saturated heterocycles. The maximum absolute atomic E-state index is 13.7. The Bertz CT molecular complexity index is 1300. The van der Waals surface area contributed by atoms with E-state index in [1.54, 1.807) is 30.5 Å². The molecule has 1 aliphatic rings. The van der Waals surface area contributed by atoms with Gasteiger partial charge in [0.1, 0.15) is 11.6 Å². The van der Waals surface area contributed by atoms with Gasteiger partial charge in [-0.2, -0.15) is 0 Å². The van der Waals surface area contributed by atoms with Gasteiger partial charge in [0.2, 0.25) is 0 Å². The molecular formula is C26H22F2N4S. The lowest BCUT2D eigenvalue weighted by atomic mass is 9.96. The standard InChI is InChI=1S/C26H22F2N4S/c1-16-15-22(17(2)31(16)20-10-6-18(27)7-11-20)25-24(23-5-3-4-14-29-23)30-26(33)32(25)21-12-8-19(28)9-13-21/h3-15,24-25H,1-2H3,(H,30,33)/t24-,25+/m1/s1. The van der Waals surface area contributed by atoms with Gasteiger partial charge in [-0.25, -0.2) is 8.78 Å². The molecule has 2 aromatic heterocycles. The summed E-state index contributed by atoms with van der Waals surface area (Å²) in [4.78, 5) is 6.60. The van der Waals surface area contributed by atoms with Crippen molar-refractivity contribution in [1.29, 1.82) is 0 Å². The molecule has 3 heterocycles. The number of benzene rings is 2. The van der Waals surface area contributed by atoms with Crippen molar-refractivity contribution >= 4 is 23.0 Å². The number of nitrogens with one attached hydrogen (secondary N) is 1. The number of rotatable bonds is 4. The lowest BCUT2D eigenvalue weighted by Gasteiger charge is -2.28. The second-order valence-electron chi connectivity index (χ2n) is 8.11. The third-order valence-corrected chi connectivity index (χ3v) is 6.39. The molecule has 0 aliphatic carbocycles. The third-order valence-electron chi connectivity index (χ3n) is 6.08. The number of hydrogen-bond donors (Lipinski definition) is 1. The molecule has 4 nitrogen and oxygen atoms in total. The molecule has 7 heteroatoms. The quantitative estimate of drug-likeness (QED) is 0.382. The lowest BCUT2D eigenvalue weighted by Crippen LogP contribution is -2.29. The maximum Gasteiger partial charge on any atom is 0.174 e. The largest absolute Gasteiger partial charge is 0.351 e. The molecule has 33 heavy (non-hydrogen) atoms. The molecule has 0 saturated carbocycles. The van der Waals surface area contributed by atoms with Crippen LogP contribution in [0.3, 0.4) is 0 Å². The van der Waals surface area contributed by atoms with Crippen LogP contribution in [0.1, 0.15) is 34.7 Å². The first-order chi connectivity index (χ1) is 15.9. The minimum absolute atomic E-state index is 0.203. The molecule has 2 aromatic carbocycles. The molecule has 2 atom stereocenters. The van der Waals surface area contributed by atoms with Gasteiger partial charge in [0, 0.05) is 29.0 Å². The van der Waals surface area contributed by atoms with Crippen LogP contribution in [-0.2, 0) is 0 Å². The SMILES string of the molecule is Cc1cc([C@H]2[C@@H](c3ccccn3)NC(=S)N2c2ccc(F)cc2)c(C)n1-c1ccc(F)cc1. The molecule has 0 bridgehead atoms. The summed E-state index contributed by atoms with van der Waals surface area (Å²) in [6, 6.07) is 20.3. The summed E-state index contributed by atoms with van der Waals surface area (Å²) < 4.78 is 29.3. The summed E-state index contributed by atoms with van der Waals surface area (Å²) >= 11 is 5.74. The smallest absolute Gasteiger partial charge is 0.174 e. The van der Waals surface area contributed by atoms with Gasteiger partial charge in [0.15, 0.2) is 5.11 Å². The van der Waals surface area contributed by atoms with E-state index in [2.05, 4.69) is 20.9 Å². The van der Waals surface area contributed by atoms with E-state index in [0.717, 1.165) is 34.0 Å². The van der Waals surface area contributed by atoms with Gasteiger partial charge in [-0.05, 0) is 98.4 Å². The minimum atomic E-state index is -0.302. The normalized spacial score (nSPS) is 17.9. The average Bonchev–Trinajstić information content (AvgIpc) is 3.31. The minimum Gasteiger partial charge on any atom is -0.351 e. The Morgan fingerprint density at radius 2 is 1.52 bits per heavy atom. The topological polar surface area (TPSA) is 33.1 Å². The number of aromatic nitrogens is 2. The highest BCUT2D eigenvalue weighted by Gasteiger charge is 2.42. The van der Waals surface area contributed by atoms with Gasteiger partial charge in [0.25, 0.3) is 0 Å². The highest BCUT2D eigenvalue weighted by molar-refractivity contribution is 7.80. The van der Waals surface area contributed by atoms with Crippen molar-refractivity contribution in [2.45, 2.75) is 25.9 Å². The van der Waals surface area contributed by atoms with Crippen molar-refractivity contribution in [3.63, 3.8) is 0 Å². The number of hydrogen-bond acceptors (Lipinski definition) is 2. The molecule has 0 amide bonds. The van der Waals surface area contributed by atoms with Crippen molar-refractivity contribution in [3.8, 4) is 5.69 Å². The van der Waals surface area contributed by atoms with E-state index in [4.69, 9.17) is 12.2 Å². The van der Waals surface area contributed by atoms with Crippen molar-refractivity contribution in [2.75, 3.05) is 4.90 Å². The summed E-state index contributed by atoms with van der Waals surface area (Å²) in [5.41, 5.74) is 5.64. The Morgan fingerprint density at radius 1 is 0.879 bits per heavy atom. The van der Waals surface area contributed by atoms with Crippen LogP contribution < -0.4 is 10.2 Å². The fraction of sp³-hybridized carbons (Fsp3) is 0.154. The number of nitrogens with zero attached hydrogens (tertiary/aromatic N) is 3. The Kier molecular flexibility index (Phi) is 5.42. The van der Waals surface area contributed by atoms with Gasteiger partial charge in [-0.1, -0.05) is 6.07 Å². The second kappa shape index (κ2) is 8.41. The first-order valence-electron chi connectivity index (χ1n) is 10.6. The van der Waals surface area contributed by atoms with E-state index in [1.165, 1.54) is 24.3 Å². The summed E-state index contributed by atoms with van der Waals surface area (Å²) in [6.45, 7) is 4.07. The molecule has 5 rings (SSSR count). The molecule has 1 fully saturated rings. The van der Waals surface area contributed by atoms with E-state index < -0.39 is 0 Å². The van der Waals surface area contributed by atoms with Crippen molar-refractivity contribution < 1.29 is 8.78 Å². The predicted molar refractivity (Wildman–Crippen MR) is 130 cm³/mol. The van der Waals surface area contributed by atoms with E-state index in [9.17, 15) is 8.78 Å². The summed E-state index contributed by atoms with van der Waals surface area (Å²) in [6.07, 6.45) is 1.76. The van der Waals surface area contributed by atoms with Gasteiger partial charge in [-0.3, -0.25) is 4.98 Å². The van der Waals surface area contributed by atoms with Crippen LogP contribution >= 0.6 is 12.2 Å². The van der Waals surface area contributed by atoms with Crippen LogP contribution in [0.2, 0.25) is 0 Å². The molecule has 0 spiro atoms. The Morgan fingerprint density at radius 3 is 2.12 bits per heavy atom. The molecule has 1 aliphatic heterocycles. The van der Waals surface area contributed by atoms with E-state index in [1.807, 2.05) is 36.9 Å². The molecular weight excluding hydrogens is 438 g/mol. The van der Waals surface area contributed by atoms with Gasteiger partial charge < -0.3 is 14.8 Å². The molecule has 0 radical (unpaired) electrons. The van der Waals surface area contributed by atoms with Crippen LogP contribution in [0.5, 0.6) is 0 Å². The Hall–Kier alpha value is -3.58. The van der Waals surface area contributed by atoms with Crippen LogP contribution in [0, 0.1) is 25.5 Å². The van der Waals surface area contributed by atoms with E-state index in [0.29, 0.717) is 5.11 Å². The van der Waals surface area contributed by atoms with E-state index in [-0.39, 0.29) is 23.7 Å². The lowest BCUT2D eigenvalue weighted by molar-refractivity contribution is 0.565. The first-order valence-corrected chi connectivity index (χ1v) is 11.1. The predicted octanol–water partition coefficient (Wildman–Crippen LogP) is 5.94. The zero-order valence-electron chi connectivity index (χ0n) is 18.2. The molecule has 0 unspecified atom stereocenters. The van der Waals surface area contributed by atoms with Gasteiger partial charge in [-0.15, -0.1) is 0 Å². The zero-order chi connectivity index (χ0) is 23.1. The molecule has 4 aromatic rings. The Labute approximate surface area is 196 Å². The van der Waals surface area contributed by atoms with Crippen molar-refractivity contribution in [3.05, 3.63) is 113 Å². The summed E-state index contributed by atoms with van der Waals surface area (Å²) in [5, 5.41) is 3.98. The van der Waals surface area contributed by atoms with Crippen molar-refractivity contribution in [2.24, 2.45) is 0 Å². The fourth-order valence-electron chi connectivity index (χ4n) is 4.63. The number of aryl methyl sites for hydroxylation is 1. The van der Waals surface area contributed by atoms with Crippen LogP contribution in [0.15, 0.2) is 79.0 Å². The van der Waals surface area contributed by atoms with Gasteiger partial charge >= 0.3 is 0 Å². The maximum atomic E-state index is 13.7. The van der Waals surface area contributed by atoms with Gasteiger partial charge in [0.05, 0.1) is 17.8 Å².